The van der Waals surface area contributed by atoms with Crippen LogP contribution in [0.2, 0.25) is 0 Å². The summed E-state index contributed by atoms with van der Waals surface area (Å²) in [5.74, 6) is 1.07. The topological polar surface area (TPSA) is 21.3 Å². The van der Waals surface area contributed by atoms with Crippen LogP contribution < -0.4 is 10.1 Å². The van der Waals surface area contributed by atoms with Gasteiger partial charge in [-0.1, -0.05) is 32.0 Å². The van der Waals surface area contributed by atoms with Gasteiger partial charge in [-0.2, -0.15) is 0 Å². The summed E-state index contributed by atoms with van der Waals surface area (Å²) in [6.45, 7) is 7.35. The molecule has 0 saturated carbocycles. The Morgan fingerprint density at radius 1 is 1.40 bits per heavy atom. The SMILES string of the molecule is CCNCCC1(C)COc2ccccc21. The van der Waals surface area contributed by atoms with Gasteiger partial charge >= 0.3 is 0 Å². The van der Waals surface area contributed by atoms with Gasteiger partial charge in [-0.25, -0.2) is 0 Å². The van der Waals surface area contributed by atoms with E-state index >= 15 is 0 Å². The van der Waals surface area contributed by atoms with Gasteiger partial charge in [0.05, 0.1) is 6.61 Å². The maximum Gasteiger partial charge on any atom is 0.123 e. The van der Waals surface area contributed by atoms with Crippen molar-refractivity contribution in [1.82, 2.24) is 5.32 Å². The van der Waals surface area contributed by atoms with E-state index in [0.717, 1.165) is 31.9 Å². The summed E-state index contributed by atoms with van der Waals surface area (Å²) < 4.78 is 5.72. The van der Waals surface area contributed by atoms with Crippen LogP contribution in [0.15, 0.2) is 24.3 Å². The quantitative estimate of drug-likeness (QED) is 0.762. The molecule has 2 nitrogen and oxygen atoms in total. The molecule has 82 valence electrons. The maximum absolute atomic E-state index is 5.72. The molecular formula is C13H19NO. The zero-order valence-corrected chi connectivity index (χ0v) is 9.55. The third-order valence-electron chi connectivity index (χ3n) is 3.19. The van der Waals surface area contributed by atoms with Gasteiger partial charge in [-0.3, -0.25) is 0 Å². The summed E-state index contributed by atoms with van der Waals surface area (Å²) in [7, 11) is 0. The van der Waals surface area contributed by atoms with E-state index < -0.39 is 0 Å². The van der Waals surface area contributed by atoms with Gasteiger partial charge in [0.2, 0.25) is 0 Å². The van der Waals surface area contributed by atoms with E-state index in [1.54, 1.807) is 0 Å². The lowest BCUT2D eigenvalue weighted by Crippen LogP contribution is -2.29. The molecule has 1 unspecified atom stereocenters. The van der Waals surface area contributed by atoms with Crippen molar-refractivity contribution in [3.63, 3.8) is 0 Å². The number of hydrogen-bond acceptors (Lipinski definition) is 2. The third-order valence-corrected chi connectivity index (χ3v) is 3.19. The predicted molar refractivity (Wildman–Crippen MR) is 62.4 cm³/mol. The molecule has 2 rings (SSSR count). The summed E-state index contributed by atoms with van der Waals surface area (Å²) in [6, 6.07) is 8.38. The predicted octanol–water partition coefficient (Wildman–Crippen LogP) is 2.34. The minimum Gasteiger partial charge on any atom is -0.492 e. The van der Waals surface area contributed by atoms with E-state index in [0.29, 0.717) is 0 Å². The first-order valence-electron chi connectivity index (χ1n) is 5.69. The molecule has 2 heteroatoms. The molecule has 0 aromatic heterocycles. The van der Waals surface area contributed by atoms with Crippen molar-refractivity contribution in [1.29, 1.82) is 0 Å². The van der Waals surface area contributed by atoms with Crippen molar-refractivity contribution in [2.75, 3.05) is 19.7 Å². The molecule has 1 aromatic rings. The van der Waals surface area contributed by atoms with Gasteiger partial charge < -0.3 is 10.1 Å². The van der Waals surface area contributed by atoms with Gasteiger partial charge in [-0.05, 0) is 25.6 Å². The first-order chi connectivity index (χ1) is 7.26. The van der Waals surface area contributed by atoms with Crippen LogP contribution in [-0.4, -0.2) is 19.7 Å². The Bertz CT molecular complexity index is 337. The van der Waals surface area contributed by atoms with Crippen molar-refractivity contribution in [2.45, 2.75) is 25.7 Å². The first-order valence-corrected chi connectivity index (χ1v) is 5.69. The zero-order chi connectivity index (χ0) is 10.7. The zero-order valence-electron chi connectivity index (χ0n) is 9.55. The molecule has 0 aliphatic carbocycles. The fourth-order valence-electron chi connectivity index (χ4n) is 2.15. The van der Waals surface area contributed by atoms with Crippen LogP contribution in [0.1, 0.15) is 25.8 Å². The number of fused-ring (bicyclic) bond motifs is 1. The monoisotopic (exact) mass is 205 g/mol. The van der Waals surface area contributed by atoms with Crippen molar-refractivity contribution >= 4 is 0 Å². The molecule has 0 amide bonds. The van der Waals surface area contributed by atoms with E-state index in [-0.39, 0.29) is 5.41 Å². The van der Waals surface area contributed by atoms with Crippen LogP contribution in [0, 0.1) is 0 Å². The van der Waals surface area contributed by atoms with Crippen molar-refractivity contribution in [3.8, 4) is 5.75 Å². The highest BCUT2D eigenvalue weighted by Crippen LogP contribution is 2.40. The molecule has 1 aromatic carbocycles. The standard InChI is InChI=1S/C13H19NO/c1-3-14-9-8-13(2)10-15-12-7-5-4-6-11(12)13/h4-7,14H,3,8-10H2,1-2H3. The summed E-state index contributed by atoms with van der Waals surface area (Å²) in [5, 5.41) is 3.38. The fraction of sp³-hybridized carbons (Fsp3) is 0.538. The Morgan fingerprint density at radius 3 is 3.00 bits per heavy atom. The maximum atomic E-state index is 5.72. The summed E-state index contributed by atoms with van der Waals surface area (Å²) in [4.78, 5) is 0. The molecule has 1 N–H and O–H groups in total. The molecule has 1 aliphatic rings. The molecule has 0 fully saturated rings. The Hall–Kier alpha value is -1.02. The van der Waals surface area contributed by atoms with Crippen LogP contribution in [0.5, 0.6) is 5.75 Å². The number of hydrogen-bond donors (Lipinski definition) is 1. The van der Waals surface area contributed by atoms with Crippen LogP contribution in [-0.2, 0) is 5.41 Å². The smallest absolute Gasteiger partial charge is 0.123 e. The summed E-state index contributed by atoms with van der Waals surface area (Å²) in [5.41, 5.74) is 1.56. The van der Waals surface area contributed by atoms with Gasteiger partial charge in [0, 0.05) is 11.0 Å². The molecule has 0 spiro atoms. The Labute approximate surface area is 91.6 Å². The second-order valence-electron chi connectivity index (χ2n) is 4.45. The van der Waals surface area contributed by atoms with Crippen LogP contribution in [0.3, 0.4) is 0 Å². The second kappa shape index (κ2) is 4.23. The molecule has 0 bridgehead atoms. The van der Waals surface area contributed by atoms with E-state index in [2.05, 4.69) is 37.4 Å². The van der Waals surface area contributed by atoms with Crippen LogP contribution in [0.4, 0.5) is 0 Å². The number of para-hydroxylation sites is 1. The average molecular weight is 205 g/mol. The van der Waals surface area contributed by atoms with Crippen LogP contribution >= 0.6 is 0 Å². The van der Waals surface area contributed by atoms with E-state index in [4.69, 9.17) is 4.74 Å². The fourth-order valence-corrected chi connectivity index (χ4v) is 2.15. The lowest BCUT2D eigenvalue weighted by Gasteiger charge is -2.22. The molecular weight excluding hydrogens is 186 g/mol. The summed E-state index contributed by atoms with van der Waals surface area (Å²) in [6.07, 6.45) is 1.14. The normalized spacial score (nSPS) is 23.6. The lowest BCUT2D eigenvalue weighted by atomic mass is 9.81. The lowest BCUT2D eigenvalue weighted by molar-refractivity contribution is 0.266. The number of ether oxygens (including phenoxy) is 1. The second-order valence-corrected chi connectivity index (χ2v) is 4.45. The Balaban J connectivity index is 2.10. The Kier molecular flexibility index (Phi) is 2.96. The minimum absolute atomic E-state index is 0.193. The highest BCUT2D eigenvalue weighted by molar-refractivity contribution is 5.42. The highest BCUT2D eigenvalue weighted by Gasteiger charge is 2.35. The molecule has 0 radical (unpaired) electrons. The molecule has 1 aliphatic heterocycles. The summed E-state index contributed by atoms with van der Waals surface area (Å²) >= 11 is 0. The Morgan fingerprint density at radius 2 is 2.20 bits per heavy atom. The average Bonchev–Trinajstić information content (AvgIpc) is 2.59. The van der Waals surface area contributed by atoms with Crippen LogP contribution in [0.25, 0.3) is 0 Å². The van der Waals surface area contributed by atoms with Crippen molar-refractivity contribution in [2.24, 2.45) is 0 Å². The number of rotatable bonds is 4. The van der Waals surface area contributed by atoms with Gasteiger partial charge in [-0.15, -0.1) is 0 Å². The number of benzene rings is 1. The van der Waals surface area contributed by atoms with E-state index in [9.17, 15) is 0 Å². The minimum atomic E-state index is 0.193. The molecule has 0 saturated heterocycles. The molecule has 1 atom stereocenters. The highest BCUT2D eigenvalue weighted by atomic mass is 16.5. The largest absolute Gasteiger partial charge is 0.492 e. The van der Waals surface area contributed by atoms with Gasteiger partial charge in [0.1, 0.15) is 5.75 Å². The third kappa shape index (κ3) is 2.00. The van der Waals surface area contributed by atoms with E-state index in [1.807, 2.05) is 6.07 Å². The van der Waals surface area contributed by atoms with E-state index in [1.165, 1.54) is 5.56 Å². The number of nitrogens with one attached hydrogen (secondary N) is 1. The first kappa shape index (κ1) is 10.5. The molecule has 1 heterocycles. The van der Waals surface area contributed by atoms with Gasteiger partial charge in [0.25, 0.3) is 0 Å². The molecule has 15 heavy (non-hydrogen) atoms. The van der Waals surface area contributed by atoms with Crippen molar-refractivity contribution in [3.05, 3.63) is 29.8 Å². The van der Waals surface area contributed by atoms with Crippen molar-refractivity contribution < 1.29 is 4.74 Å². The van der Waals surface area contributed by atoms with Gasteiger partial charge in [0.15, 0.2) is 0 Å².